The van der Waals surface area contributed by atoms with Gasteiger partial charge in [-0.05, 0) is 99.0 Å². The lowest BCUT2D eigenvalue weighted by Crippen LogP contribution is -2.41. The molecule has 8 heteroatoms. The number of aryl methyl sites for hydroxylation is 1. The van der Waals surface area contributed by atoms with Crippen LogP contribution in [0.5, 0.6) is 5.75 Å². The minimum atomic E-state index is -0.690. The highest BCUT2D eigenvalue weighted by Crippen LogP contribution is 2.32. The number of pyridine rings is 1. The summed E-state index contributed by atoms with van der Waals surface area (Å²) in [5, 5.41) is 10.5. The average molecular weight is 509 g/mol. The molecule has 0 saturated carbocycles. The summed E-state index contributed by atoms with van der Waals surface area (Å²) in [6.45, 7) is 3.16. The fourth-order valence-corrected chi connectivity index (χ4v) is 6.08. The van der Waals surface area contributed by atoms with Gasteiger partial charge in [-0.2, -0.15) is 0 Å². The predicted octanol–water partition coefficient (Wildman–Crippen LogP) is 5.34. The predicted molar refractivity (Wildman–Crippen MR) is 144 cm³/mol. The molecule has 2 unspecified atom stereocenters. The second-order valence-electron chi connectivity index (χ2n) is 9.56. The number of carboxylic acids is 1. The standard InChI is InChI=1S/C28H36N4O3S/c1-35-24-7-8-27-26(16-24)22(10-12-31-27)5-2-4-21-11-14-32(19-23(21)6-9-28(33)34)13-3-15-36-25-17-29-20-30-18-25/h7-8,10,12,16-18,20-21,23H,2-6,9,11,13-15,19H2,1H3,(H,33,34). The molecule has 0 spiro atoms. The Bertz CT molecular complexity index is 1110. The van der Waals surface area contributed by atoms with E-state index in [0.717, 1.165) is 85.5 Å². The number of aromatic nitrogens is 3. The van der Waals surface area contributed by atoms with Crippen LogP contribution >= 0.6 is 11.8 Å². The molecular weight excluding hydrogens is 472 g/mol. The number of hydrogen-bond acceptors (Lipinski definition) is 7. The van der Waals surface area contributed by atoms with Crippen LogP contribution in [0, 0.1) is 11.8 Å². The average Bonchev–Trinajstić information content (AvgIpc) is 2.91. The molecule has 0 radical (unpaired) electrons. The fraction of sp³-hybridized carbons (Fsp3) is 0.500. The van der Waals surface area contributed by atoms with Gasteiger partial charge in [0.1, 0.15) is 12.1 Å². The molecule has 1 saturated heterocycles. The van der Waals surface area contributed by atoms with Crippen molar-refractivity contribution in [3.8, 4) is 5.75 Å². The summed E-state index contributed by atoms with van der Waals surface area (Å²) in [6, 6.07) is 8.16. The Morgan fingerprint density at radius 3 is 2.83 bits per heavy atom. The molecule has 4 rings (SSSR count). The Morgan fingerprint density at radius 2 is 2.03 bits per heavy atom. The number of fused-ring (bicyclic) bond motifs is 1. The molecule has 192 valence electrons. The van der Waals surface area contributed by atoms with Gasteiger partial charge in [0.15, 0.2) is 0 Å². The van der Waals surface area contributed by atoms with E-state index in [1.807, 2.05) is 30.7 Å². The van der Waals surface area contributed by atoms with Crippen LogP contribution in [0.15, 0.2) is 54.1 Å². The molecule has 2 atom stereocenters. The molecule has 1 aliphatic heterocycles. The molecular formula is C28H36N4O3S. The monoisotopic (exact) mass is 508 g/mol. The van der Waals surface area contributed by atoms with Gasteiger partial charge in [-0.15, -0.1) is 11.8 Å². The van der Waals surface area contributed by atoms with Crippen molar-refractivity contribution in [3.63, 3.8) is 0 Å². The molecule has 1 aliphatic rings. The van der Waals surface area contributed by atoms with E-state index in [1.165, 1.54) is 5.56 Å². The van der Waals surface area contributed by atoms with Gasteiger partial charge in [0.25, 0.3) is 0 Å². The highest BCUT2D eigenvalue weighted by molar-refractivity contribution is 7.99. The number of ether oxygens (including phenoxy) is 1. The molecule has 0 aliphatic carbocycles. The SMILES string of the molecule is COc1ccc2nccc(CCCC3CCN(CCCSc4cncnc4)CC3CCC(=O)O)c2c1. The Morgan fingerprint density at radius 1 is 1.17 bits per heavy atom. The minimum absolute atomic E-state index is 0.258. The molecule has 0 bridgehead atoms. The zero-order valence-corrected chi connectivity index (χ0v) is 21.8. The van der Waals surface area contributed by atoms with Gasteiger partial charge in [-0.1, -0.05) is 0 Å². The quantitative estimate of drug-likeness (QED) is 0.244. The molecule has 1 fully saturated rings. The minimum Gasteiger partial charge on any atom is -0.497 e. The molecule has 7 nitrogen and oxygen atoms in total. The number of rotatable bonds is 13. The number of nitrogens with zero attached hydrogens (tertiary/aromatic N) is 4. The molecule has 36 heavy (non-hydrogen) atoms. The number of methoxy groups -OCH3 is 1. The summed E-state index contributed by atoms with van der Waals surface area (Å²) in [4.78, 5) is 27.6. The fourth-order valence-electron chi connectivity index (χ4n) is 5.30. The molecule has 3 aromatic rings. The van der Waals surface area contributed by atoms with E-state index >= 15 is 0 Å². The summed E-state index contributed by atoms with van der Waals surface area (Å²) in [6.07, 6.45) is 13.7. The number of carbonyl (C=O) groups is 1. The van der Waals surface area contributed by atoms with Crippen molar-refractivity contribution in [2.24, 2.45) is 11.8 Å². The van der Waals surface area contributed by atoms with Crippen LogP contribution in [0.3, 0.4) is 0 Å². The first-order chi connectivity index (χ1) is 17.6. The molecule has 2 aromatic heterocycles. The lowest BCUT2D eigenvalue weighted by Gasteiger charge is -2.39. The summed E-state index contributed by atoms with van der Waals surface area (Å²) in [5.74, 6) is 2.23. The summed E-state index contributed by atoms with van der Waals surface area (Å²) in [7, 11) is 1.69. The number of hydrogen-bond donors (Lipinski definition) is 1. The molecule has 1 N–H and O–H groups in total. The van der Waals surface area contributed by atoms with Crippen molar-refractivity contribution in [2.75, 3.05) is 32.5 Å². The van der Waals surface area contributed by atoms with E-state index < -0.39 is 5.97 Å². The second kappa shape index (κ2) is 13.6. The molecule has 1 aromatic carbocycles. The van der Waals surface area contributed by atoms with Gasteiger partial charge in [-0.25, -0.2) is 9.97 Å². The van der Waals surface area contributed by atoms with Crippen LogP contribution in [0.4, 0.5) is 0 Å². The molecule has 3 heterocycles. The van der Waals surface area contributed by atoms with E-state index in [2.05, 4.69) is 32.0 Å². The highest BCUT2D eigenvalue weighted by atomic mass is 32.2. The first-order valence-electron chi connectivity index (χ1n) is 12.9. The maximum absolute atomic E-state index is 11.3. The van der Waals surface area contributed by atoms with E-state index in [-0.39, 0.29) is 6.42 Å². The lowest BCUT2D eigenvalue weighted by molar-refractivity contribution is -0.137. The third kappa shape index (κ3) is 7.64. The van der Waals surface area contributed by atoms with Crippen LogP contribution in [-0.2, 0) is 11.2 Å². The van der Waals surface area contributed by atoms with Gasteiger partial charge in [0.05, 0.1) is 12.6 Å². The van der Waals surface area contributed by atoms with Gasteiger partial charge in [-0.3, -0.25) is 9.78 Å². The van der Waals surface area contributed by atoms with E-state index in [9.17, 15) is 9.90 Å². The number of benzene rings is 1. The van der Waals surface area contributed by atoms with Crippen molar-refractivity contribution in [1.82, 2.24) is 19.9 Å². The van der Waals surface area contributed by atoms with E-state index in [1.54, 1.807) is 25.2 Å². The number of piperidine rings is 1. The summed E-state index contributed by atoms with van der Waals surface area (Å²) in [5.41, 5.74) is 2.30. The Kier molecular flexibility index (Phi) is 9.93. The van der Waals surface area contributed by atoms with Crippen LogP contribution in [0.1, 0.15) is 44.1 Å². The first-order valence-corrected chi connectivity index (χ1v) is 13.8. The number of thioether (sulfide) groups is 1. The van der Waals surface area contributed by atoms with E-state index in [4.69, 9.17) is 4.74 Å². The van der Waals surface area contributed by atoms with E-state index in [0.29, 0.717) is 11.8 Å². The van der Waals surface area contributed by atoms with Gasteiger partial charge < -0.3 is 14.7 Å². The highest BCUT2D eigenvalue weighted by Gasteiger charge is 2.29. The number of aliphatic carboxylic acids is 1. The zero-order valence-electron chi connectivity index (χ0n) is 21.0. The molecule has 0 amide bonds. The van der Waals surface area contributed by atoms with Gasteiger partial charge >= 0.3 is 5.97 Å². The van der Waals surface area contributed by atoms with Crippen molar-refractivity contribution in [1.29, 1.82) is 0 Å². The van der Waals surface area contributed by atoms with Gasteiger partial charge in [0.2, 0.25) is 0 Å². The maximum atomic E-state index is 11.3. The van der Waals surface area contributed by atoms with Crippen molar-refractivity contribution < 1.29 is 14.6 Å². The lowest BCUT2D eigenvalue weighted by atomic mass is 9.79. The van der Waals surface area contributed by atoms with Crippen LogP contribution in [0.2, 0.25) is 0 Å². The van der Waals surface area contributed by atoms with Crippen molar-refractivity contribution >= 4 is 28.6 Å². The van der Waals surface area contributed by atoms with Crippen molar-refractivity contribution in [3.05, 3.63) is 54.7 Å². The summed E-state index contributed by atoms with van der Waals surface area (Å²) < 4.78 is 5.42. The van der Waals surface area contributed by atoms with Crippen LogP contribution < -0.4 is 4.74 Å². The van der Waals surface area contributed by atoms with Crippen molar-refractivity contribution in [2.45, 2.75) is 49.8 Å². The Hall–Kier alpha value is -2.71. The maximum Gasteiger partial charge on any atom is 0.303 e. The topological polar surface area (TPSA) is 88.4 Å². The van der Waals surface area contributed by atoms with Crippen LogP contribution in [-0.4, -0.2) is 63.4 Å². The Balaban J connectivity index is 1.28. The first kappa shape index (κ1) is 26.4. The smallest absolute Gasteiger partial charge is 0.303 e. The second-order valence-corrected chi connectivity index (χ2v) is 10.7. The van der Waals surface area contributed by atoms with Gasteiger partial charge in [0, 0.05) is 41.8 Å². The Labute approximate surface area is 217 Å². The zero-order chi connectivity index (χ0) is 25.2. The normalized spacial score (nSPS) is 18.4. The largest absolute Gasteiger partial charge is 0.497 e. The van der Waals surface area contributed by atoms with Crippen LogP contribution in [0.25, 0.3) is 10.9 Å². The number of likely N-dealkylation sites (tertiary alicyclic amines) is 1. The third-order valence-electron chi connectivity index (χ3n) is 7.19. The number of carboxylic acid groups (broad SMARTS) is 1. The third-order valence-corrected chi connectivity index (χ3v) is 8.23. The summed E-state index contributed by atoms with van der Waals surface area (Å²) >= 11 is 1.79.